The van der Waals surface area contributed by atoms with Crippen LogP contribution in [-0.2, 0) is 0 Å². The summed E-state index contributed by atoms with van der Waals surface area (Å²) in [5.74, 6) is -0.213. The van der Waals surface area contributed by atoms with E-state index in [9.17, 15) is 14.9 Å². The molecule has 0 radical (unpaired) electrons. The Morgan fingerprint density at radius 1 is 1.47 bits per heavy atom. The van der Waals surface area contributed by atoms with E-state index in [4.69, 9.17) is 5.73 Å². The van der Waals surface area contributed by atoms with Gasteiger partial charge in [-0.15, -0.1) is 0 Å². The van der Waals surface area contributed by atoms with Gasteiger partial charge in [0.2, 0.25) is 0 Å². The van der Waals surface area contributed by atoms with Crippen LogP contribution >= 0.6 is 0 Å². The molecule has 0 aromatic heterocycles. The number of benzene rings is 1. The van der Waals surface area contributed by atoms with Gasteiger partial charge in [-0.05, 0) is 37.8 Å². The van der Waals surface area contributed by atoms with Crippen LogP contribution in [0.1, 0.15) is 35.2 Å². The van der Waals surface area contributed by atoms with Crippen molar-refractivity contribution in [3.8, 4) is 0 Å². The largest absolute Gasteiger partial charge is 0.348 e. The van der Waals surface area contributed by atoms with E-state index in [1.54, 1.807) is 6.92 Å². The number of amides is 1. The molecule has 1 aliphatic rings. The number of rotatable bonds is 3. The minimum absolute atomic E-state index is 0.00194. The second-order valence-corrected chi connectivity index (χ2v) is 4.93. The van der Waals surface area contributed by atoms with Crippen LogP contribution in [0.15, 0.2) is 18.2 Å². The molecular formula is C13H17N3O3. The average Bonchev–Trinajstić information content (AvgIpc) is 2.74. The molecule has 1 aromatic carbocycles. The number of nitrogens with two attached hydrogens (primary N) is 1. The Bertz CT molecular complexity index is 516. The molecule has 2 rings (SSSR count). The molecule has 6 nitrogen and oxygen atoms in total. The Morgan fingerprint density at radius 3 is 2.74 bits per heavy atom. The third-order valence-electron chi connectivity index (χ3n) is 3.55. The molecule has 0 heterocycles. The molecular weight excluding hydrogens is 246 g/mol. The first kappa shape index (κ1) is 13.5. The number of nitro groups is 1. The number of non-ortho nitro benzene ring substituents is 1. The summed E-state index contributed by atoms with van der Waals surface area (Å²) in [6, 6.07) is 4.24. The van der Waals surface area contributed by atoms with Crippen LogP contribution < -0.4 is 11.1 Å². The van der Waals surface area contributed by atoms with E-state index in [1.165, 1.54) is 18.2 Å². The van der Waals surface area contributed by atoms with E-state index >= 15 is 0 Å². The maximum Gasteiger partial charge on any atom is 0.269 e. The number of nitrogens with zero attached hydrogens (tertiary/aromatic N) is 1. The normalized spacial score (nSPS) is 22.2. The number of aryl methyl sites for hydroxylation is 1. The van der Waals surface area contributed by atoms with E-state index in [0.29, 0.717) is 11.1 Å². The fourth-order valence-corrected chi connectivity index (χ4v) is 2.43. The highest BCUT2D eigenvalue weighted by Crippen LogP contribution is 2.20. The van der Waals surface area contributed by atoms with E-state index in [0.717, 1.165) is 19.3 Å². The summed E-state index contributed by atoms with van der Waals surface area (Å²) in [4.78, 5) is 22.3. The molecule has 1 amide bonds. The molecule has 0 spiro atoms. The minimum atomic E-state index is -0.471. The molecule has 0 bridgehead atoms. The maximum absolute atomic E-state index is 12.1. The Labute approximate surface area is 111 Å². The highest BCUT2D eigenvalue weighted by molar-refractivity contribution is 5.96. The Balaban J connectivity index is 2.13. The maximum atomic E-state index is 12.1. The van der Waals surface area contributed by atoms with Crippen LogP contribution in [0.5, 0.6) is 0 Å². The summed E-state index contributed by atoms with van der Waals surface area (Å²) in [5, 5.41) is 13.5. The number of nitrogens with one attached hydrogen (secondary N) is 1. The number of hydrogen-bond donors (Lipinski definition) is 2. The zero-order chi connectivity index (χ0) is 14.0. The summed E-state index contributed by atoms with van der Waals surface area (Å²) in [5.41, 5.74) is 6.95. The molecule has 3 N–H and O–H groups in total. The molecule has 0 aliphatic heterocycles. The fraction of sp³-hybridized carbons (Fsp3) is 0.462. The summed E-state index contributed by atoms with van der Waals surface area (Å²) in [6.07, 6.45) is 2.83. The second-order valence-electron chi connectivity index (χ2n) is 4.93. The molecule has 19 heavy (non-hydrogen) atoms. The topological polar surface area (TPSA) is 98.3 Å². The van der Waals surface area contributed by atoms with Crippen LogP contribution in [0.25, 0.3) is 0 Å². The van der Waals surface area contributed by atoms with Crippen molar-refractivity contribution in [1.82, 2.24) is 5.32 Å². The lowest BCUT2D eigenvalue weighted by atomic mass is 10.1. The van der Waals surface area contributed by atoms with Crippen molar-refractivity contribution in [3.63, 3.8) is 0 Å². The quantitative estimate of drug-likeness (QED) is 0.638. The monoisotopic (exact) mass is 263 g/mol. The van der Waals surface area contributed by atoms with Crippen molar-refractivity contribution in [2.45, 2.75) is 38.3 Å². The van der Waals surface area contributed by atoms with Gasteiger partial charge in [-0.3, -0.25) is 14.9 Å². The minimum Gasteiger partial charge on any atom is -0.348 e. The summed E-state index contributed by atoms with van der Waals surface area (Å²) >= 11 is 0. The summed E-state index contributed by atoms with van der Waals surface area (Å²) < 4.78 is 0. The number of carbonyl (C=O) groups is 1. The zero-order valence-electron chi connectivity index (χ0n) is 10.8. The van der Waals surface area contributed by atoms with Gasteiger partial charge in [0.1, 0.15) is 0 Å². The molecule has 1 fully saturated rings. The number of hydrogen-bond acceptors (Lipinski definition) is 4. The van der Waals surface area contributed by atoms with Crippen LogP contribution in [0.3, 0.4) is 0 Å². The number of nitro benzene ring substituents is 1. The molecule has 0 saturated heterocycles. The summed E-state index contributed by atoms with van der Waals surface area (Å²) in [7, 11) is 0. The second kappa shape index (κ2) is 5.36. The van der Waals surface area contributed by atoms with Crippen molar-refractivity contribution >= 4 is 11.6 Å². The van der Waals surface area contributed by atoms with Crippen molar-refractivity contribution in [3.05, 3.63) is 39.4 Å². The molecule has 2 atom stereocenters. The molecule has 1 aliphatic carbocycles. The van der Waals surface area contributed by atoms with Crippen molar-refractivity contribution in [2.24, 2.45) is 5.73 Å². The van der Waals surface area contributed by atoms with E-state index < -0.39 is 4.92 Å². The summed E-state index contributed by atoms with van der Waals surface area (Å²) in [6.45, 7) is 1.69. The lowest BCUT2D eigenvalue weighted by molar-refractivity contribution is -0.384. The van der Waals surface area contributed by atoms with Gasteiger partial charge in [-0.25, -0.2) is 0 Å². The Morgan fingerprint density at radius 2 is 2.21 bits per heavy atom. The Hall–Kier alpha value is -1.95. The lowest BCUT2D eigenvalue weighted by Crippen LogP contribution is -2.44. The van der Waals surface area contributed by atoms with Gasteiger partial charge in [0.25, 0.3) is 11.6 Å². The van der Waals surface area contributed by atoms with E-state index in [-0.39, 0.29) is 23.7 Å². The SMILES string of the molecule is Cc1cc([N+](=O)[O-])ccc1C(=O)NC1CCCC1N. The van der Waals surface area contributed by atoms with Gasteiger partial charge in [0.05, 0.1) is 4.92 Å². The van der Waals surface area contributed by atoms with Gasteiger partial charge >= 0.3 is 0 Å². The lowest BCUT2D eigenvalue weighted by Gasteiger charge is -2.17. The predicted molar refractivity (Wildman–Crippen MR) is 70.9 cm³/mol. The Kier molecular flexibility index (Phi) is 3.80. The van der Waals surface area contributed by atoms with Gasteiger partial charge < -0.3 is 11.1 Å². The molecule has 1 aromatic rings. The molecule has 2 unspecified atom stereocenters. The average molecular weight is 263 g/mol. The van der Waals surface area contributed by atoms with E-state index in [1.807, 2.05) is 0 Å². The first-order valence-corrected chi connectivity index (χ1v) is 6.30. The fourth-order valence-electron chi connectivity index (χ4n) is 2.43. The van der Waals surface area contributed by atoms with Gasteiger partial charge in [-0.1, -0.05) is 0 Å². The third-order valence-corrected chi connectivity index (χ3v) is 3.55. The van der Waals surface area contributed by atoms with Crippen molar-refractivity contribution in [1.29, 1.82) is 0 Å². The molecule has 102 valence electrons. The van der Waals surface area contributed by atoms with Crippen molar-refractivity contribution in [2.75, 3.05) is 0 Å². The van der Waals surface area contributed by atoms with Crippen LogP contribution in [-0.4, -0.2) is 22.9 Å². The molecule has 6 heteroatoms. The predicted octanol–water partition coefficient (Wildman–Crippen LogP) is 1.51. The van der Waals surface area contributed by atoms with Crippen LogP contribution in [0.4, 0.5) is 5.69 Å². The number of carbonyl (C=O) groups excluding carboxylic acids is 1. The van der Waals surface area contributed by atoms with Gasteiger partial charge in [0, 0.05) is 29.8 Å². The van der Waals surface area contributed by atoms with Crippen LogP contribution in [0, 0.1) is 17.0 Å². The third kappa shape index (κ3) is 2.90. The van der Waals surface area contributed by atoms with Crippen LogP contribution in [0.2, 0.25) is 0 Å². The zero-order valence-corrected chi connectivity index (χ0v) is 10.8. The van der Waals surface area contributed by atoms with Gasteiger partial charge in [-0.2, -0.15) is 0 Å². The first-order chi connectivity index (χ1) is 8.99. The molecule has 1 saturated carbocycles. The standard InChI is InChI=1S/C13H17N3O3/c1-8-7-9(16(18)19)5-6-10(8)13(17)15-12-4-2-3-11(12)14/h5-7,11-12H,2-4,14H2,1H3,(H,15,17). The van der Waals surface area contributed by atoms with Crippen molar-refractivity contribution < 1.29 is 9.72 Å². The highest BCUT2D eigenvalue weighted by Gasteiger charge is 2.26. The highest BCUT2D eigenvalue weighted by atomic mass is 16.6. The smallest absolute Gasteiger partial charge is 0.269 e. The first-order valence-electron chi connectivity index (χ1n) is 6.30. The van der Waals surface area contributed by atoms with Gasteiger partial charge in [0.15, 0.2) is 0 Å². The van der Waals surface area contributed by atoms with E-state index in [2.05, 4.69) is 5.32 Å².